The van der Waals surface area contributed by atoms with Gasteiger partial charge in [-0.3, -0.25) is 4.79 Å². The van der Waals surface area contributed by atoms with Gasteiger partial charge in [0.15, 0.2) is 0 Å². The molecule has 2 N–H and O–H groups in total. The Hall–Kier alpha value is -0.610. The normalized spacial score (nSPS) is 21.9. The SMILES string of the molecule is COCC(=O)NCCC1CCCCN1. The van der Waals surface area contributed by atoms with E-state index in [2.05, 4.69) is 10.6 Å². The lowest BCUT2D eigenvalue weighted by Gasteiger charge is -2.23. The molecule has 4 heteroatoms. The molecule has 0 aromatic heterocycles. The van der Waals surface area contributed by atoms with Crippen molar-refractivity contribution in [3.05, 3.63) is 0 Å². The average molecular weight is 200 g/mol. The van der Waals surface area contributed by atoms with Crippen LogP contribution in [0.15, 0.2) is 0 Å². The Bertz CT molecular complexity index is 168. The van der Waals surface area contributed by atoms with Crippen LogP contribution >= 0.6 is 0 Å². The number of nitrogens with one attached hydrogen (secondary N) is 2. The number of rotatable bonds is 5. The fraction of sp³-hybridized carbons (Fsp3) is 0.900. The number of carbonyl (C=O) groups excluding carboxylic acids is 1. The summed E-state index contributed by atoms with van der Waals surface area (Å²) >= 11 is 0. The molecule has 0 bridgehead atoms. The maximum absolute atomic E-state index is 11.0. The number of piperidine rings is 1. The van der Waals surface area contributed by atoms with Crippen LogP contribution in [0.4, 0.5) is 0 Å². The molecule has 0 saturated carbocycles. The van der Waals surface area contributed by atoms with Crippen LogP contribution in [-0.2, 0) is 9.53 Å². The topological polar surface area (TPSA) is 50.4 Å². The molecule has 0 spiro atoms. The van der Waals surface area contributed by atoms with Crippen LogP contribution in [0.1, 0.15) is 25.7 Å². The largest absolute Gasteiger partial charge is 0.375 e. The minimum absolute atomic E-state index is 0.0247. The zero-order valence-electron chi connectivity index (χ0n) is 8.84. The standard InChI is InChI=1S/C10H20N2O2/c1-14-8-10(13)12-7-5-9-4-2-3-6-11-9/h9,11H,2-8H2,1H3,(H,12,13). The highest BCUT2D eigenvalue weighted by Gasteiger charge is 2.11. The van der Waals surface area contributed by atoms with Crippen molar-refractivity contribution in [1.29, 1.82) is 0 Å². The van der Waals surface area contributed by atoms with Crippen molar-refractivity contribution in [2.24, 2.45) is 0 Å². The van der Waals surface area contributed by atoms with Crippen molar-refractivity contribution >= 4 is 5.91 Å². The predicted octanol–water partition coefficient (Wildman–Crippen LogP) is 0.281. The molecule has 0 aromatic carbocycles. The van der Waals surface area contributed by atoms with Gasteiger partial charge in [-0.15, -0.1) is 0 Å². The van der Waals surface area contributed by atoms with Gasteiger partial charge in [-0.2, -0.15) is 0 Å². The summed E-state index contributed by atoms with van der Waals surface area (Å²) in [6, 6.07) is 0.589. The van der Waals surface area contributed by atoms with Gasteiger partial charge >= 0.3 is 0 Å². The summed E-state index contributed by atoms with van der Waals surface area (Å²) in [5.74, 6) is -0.0247. The maximum atomic E-state index is 11.0. The summed E-state index contributed by atoms with van der Waals surface area (Å²) in [6.45, 7) is 2.04. The van der Waals surface area contributed by atoms with Crippen molar-refractivity contribution in [2.75, 3.05) is 26.8 Å². The molecule has 0 radical (unpaired) electrons. The minimum Gasteiger partial charge on any atom is -0.375 e. The molecular weight excluding hydrogens is 180 g/mol. The van der Waals surface area contributed by atoms with Crippen molar-refractivity contribution in [1.82, 2.24) is 10.6 Å². The lowest BCUT2D eigenvalue weighted by molar-refractivity contribution is -0.124. The molecule has 1 aliphatic rings. The third kappa shape index (κ3) is 4.58. The van der Waals surface area contributed by atoms with E-state index in [-0.39, 0.29) is 12.5 Å². The zero-order valence-corrected chi connectivity index (χ0v) is 8.84. The zero-order chi connectivity index (χ0) is 10.2. The van der Waals surface area contributed by atoms with Crippen LogP contribution in [0, 0.1) is 0 Å². The van der Waals surface area contributed by atoms with Crippen molar-refractivity contribution in [3.8, 4) is 0 Å². The van der Waals surface area contributed by atoms with Crippen LogP contribution in [0.25, 0.3) is 0 Å². The van der Waals surface area contributed by atoms with Crippen molar-refractivity contribution < 1.29 is 9.53 Å². The van der Waals surface area contributed by atoms with E-state index >= 15 is 0 Å². The van der Waals surface area contributed by atoms with Crippen LogP contribution in [0.3, 0.4) is 0 Å². The van der Waals surface area contributed by atoms with Crippen molar-refractivity contribution in [2.45, 2.75) is 31.7 Å². The molecule has 1 unspecified atom stereocenters. The lowest BCUT2D eigenvalue weighted by atomic mass is 10.0. The second-order valence-electron chi connectivity index (χ2n) is 3.72. The molecule has 0 aliphatic carbocycles. The second-order valence-corrected chi connectivity index (χ2v) is 3.72. The van der Waals surface area contributed by atoms with E-state index in [0.29, 0.717) is 6.04 Å². The molecule has 1 fully saturated rings. The molecule has 1 heterocycles. The third-order valence-electron chi connectivity index (χ3n) is 2.50. The van der Waals surface area contributed by atoms with E-state index < -0.39 is 0 Å². The van der Waals surface area contributed by atoms with Crippen LogP contribution < -0.4 is 10.6 Å². The first-order valence-electron chi connectivity index (χ1n) is 5.32. The fourth-order valence-electron chi connectivity index (χ4n) is 1.74. The van der Waals surface area contributed by atoms with Gasteiger partial charge in [0.05, 0.1) is 0 Å². The highest BCUT2D eigenvalue weighted by Crippen LogP contribution is 2.08. The van der Waals surface area contributed by atoms with Gasteiger partial charge in [0.2, 0.25) is 5.91 Å². The van der Waals surface area contributed by atoms with E-state index in [1.54, 1.807) is 0 Å². The first kappa shape index (κ1) is 11.5. The van der Waals surface area contributed by atoms with Crippen LogP contribution in [0.2, 0.25) is 0 Å². The second kappa shape index (κ2) is 6.79. The minimum atomic E-state index is -0.0247. The monoisotopic (exact) mass is 200 g/mol. The van der Waals surface area contributed by atoms with Crippen LogP contribution in [-0.4, -0.2) is 38.8 Å². The van der Waals surface area contributed by atoms with Gasteiger partial charge in [-0.05, 0) is 25.8 Å². The summed E-state index contributed by atoms with van der Waals surface area (Å²) in [6.07, 6.45) is 4.85. The molecule has 1 atom stereocenters. The van der Waals surface area contributed by atoms with E-state index in [9.17, 15) is 4.79 Å². The number of ether oxygens (including phenoxy) is 1. The molecule has 1 rings (SSSR count). The summed E-state index contributed by atoms with van der Waals surface area (Å²) in [7, 11) is 1.53. The fourth-order valence-corrected chi connectivity index (χ4v) is 1.74. The number of hydrogen-bond acceptors (Lipinski definition) is 3. The third-order valence-corrected chi connectivity index (χ3v) is 2.50. The first-order valence-corrected chi connectivity index (χ1v) is 5.32. The molecule has 4 nitrogen and oxygen atoms in total. The number of carbonyl (C=O) groups is 1. The summed E-state index contributed by atoms with van der Waals surface area (Å²) in [5.41, 5.74) is 0. The number of hydrogen-bond donors (Lipinski definition) is 2. The molecule has 14 heavy (non-hydrogen) atoms. The van der Waals surface area contributed by atoms with Crippen molar-refractivity contribution in [3.63, 3.8) is 0 Å². The summed E-state index contributed by atoms with van der Waals surface area (Å²) in [4.78, 5) is 11.0. The van der Waals surface area contributed by atoms with E-state index in [1.807, 2.05) is 0 Å². The number of methoxy groups -OCH3 is 1. The summed E-state index contributed by atoms with van der Waals surface area (Å²) < 4.78 is 4.72. The highest BCUT2D eigenvalue weighted by atomic mass is 16.5. The highest BCUT2D eigenvalue weighted by molar-refractivity contribution is 5.77. The Morgan fingerprint density at radius 2 is 2.43 bits per heavy atom. The Labute approximate surface area is 85.4 Å². The Morgan fingerprint density at radius 3 is 3.07 bits per heavy atom. The van der Waals surface area contributed by atoms with Gasteiger partial charge in [0.25, 0.3) is 0 Å². The van der Waals surface area contributed by atoms with E-state index in [1.165, 1.54) is 26.4 Å². The lowest BCUT2D eigenvalue weighted by Crippen LogP contribution is -2.38. The summed E-state index contributed by atoms with van der Waals surface area (Å²) in [5, 5.41) is 6.27. The average Bonchev–Trinajstić information content (AvgIpc) is 2.20. The molecular formula is C10H20N2O2. The smallest absolute Gasteiger partial charge is 0.245 e. The van der Waals surface area contributed by atoms with Gasteiger partial charge in [0.1, 0.15) is 6.61 Å². The van der Waals surface area contributed by atoms with Gasteiger partial charge in [0, 0.05) is 19.7 Å². The van der Waals surface area contributed by atoms with Gasteiger partial charge in [-0.1, -0.05) is 6.42 Å². The van der Waals surface area contributed by atoms with E-state index in [0.717, 1.165) is 19.5 Å². The molecule has 1 saturated heterocycles. The predicted molar refractivity (Wildman–Crippen MR) is 55.1 cm³/mol. The van der Waals surface area contributed by atoms with E-state index in [4.69, 9.17) is 4.74 Å². The molecule has 1 aliphatic heterocycles. The maximum Gasteiger partial charge on any atom is 0.245 e. The van der Waals surface area contributed by atoms with Crippen LogP contribution in [0.5, 0.6) is 0 Å². The quantitative estimate of drug-likeness (QED) is 0.670. The Balaban J connectivity index is 1.99. The Kier molecular flexibility index (Phi) is 5.56. The van der Waals surface area contributed by atoms with Gasteiger partial charge in [-0.25, -0.2) is 0 Å². The first-order chi connectivity index (χ1) is 6.83. The molecule has 1 amide bonds. The molecule has 82 valence electrons. The number of amides is 1. The van der Waals surface area contributed by atoms with Gasteiger partial charge < -0.3 is 15.4 Å². The Morgan fingerprint density at radius 1 is 1.57 bits per heavy atom. The molecule has 0 aromatic rings.